The first-order chi connectivity index (χ1) is 12.3. The number of nitrogens with zero attached hydrogens (tertiary/aromatic N) is 1. The molecule has 1 aromatic carbocycles. The lowest BCUT2D eigenvalue weighted by atomic mass is 9.76. The van der Waals surface area contributed by atoms with Crippen LogP contribution in [0.5, 0.6) is 0 Å². The summed E-state index contributed by atoms with van der Waals surface area (Å²) in [5.41, 5.74) is 1.00. The van der Waals surface area contributed by atoms with E-state index >= 15 is 0 Å². The summed E-state index contributed by atoms with van der Waals surface area (Å²) >= 11 is 0. The highest BCUT2D eigenvalue weighted by atomic mass is 16.5. The van der Waals surface area contributed by atoms with E-state index in [1.54, 1.807) is 0 Å². The Kier molecular flexibility index (Phi) is 4.60. The molecule has 25 heavy (non-hydrogen) atoms. The van der Waals surface area contributed by atoms with E-state index in [1.165, 1.54) is 0 Å². The van der Waals surface area contributed by atoms with Gasteiger partial charge in [-0.2, -0.15) is 0 Å². The molecule has 4 atom stereocenters. The van der Waals surface area contributed by atoms with Gasteiger partial charge in [0.05, 0.1) is 5.92 Å². The van der Waals surface area contributed by atoms with Gasteiger partial charge in [0.1, 0.15) is 6.61 Å². The van der Waals surface area contributed by atoms with Gasteiger partial charge in [0.25, 0.3) is 0 Å². The number of hydrogen-bond acceptors (Lipinski definition) is 3. The number of rotatable bonds is 3. The van der Waals surface area contributed by atoms with Gasteiger partial charge < -0.3 is 9.64 Å². The monoisotopic (exact) mass is 339 g/mol. The molecule has 1 aromatic rings. The van der Waals surface area contributed by atoms with Crippen LogP contribution in [0.2, 0.25) is 0 Å². The van der Waals surface area contributed by atoms with E-state index < -0.39 is 0 Å². The van der Waals surface area contributed by atoms with Crippen LogP contribution >= 0.6 is 0 Å². The van der Waals surface area contributed by atoms with Crippen LogP contribution in [0.15, 0.2) is 42.5 Å². The SMILES string of the molecule is O=C(OCc1ccccc1)[C@@H]1CCCCN2C(=O)[C@@H]3CC=CC[C@@H]3[C@@H]12. The first kappa shape index (κ1) is 16.4. The third-order valence-electron chi connectivity index (χ3n) is 5.98. The van der Waals surface area contributed by atoms with Crippen molar-refractivity contribution in [3.8, 4) is 0 Å². The van der Waals surface area contributed by atoms with E-state index in [4.69, 9.17) is 4.74 Å². The van der Waals surface area contributed by atoms with Gasteiger partial charge in [0.2, 0.25) is 5.91 Å². The Morgan fingerprint density at radius 3 is 2.76 bits per heavy atom. The minimum atomic E-state index is -0.184. The highest BCUT2D eigenvalue weighted by Crippen LogP contribution is 2.44. The fraction of sp³-hybridized carbons (Fsp3) is 0.524. The molecule has 2 fully saturated rings. The van der Waals surface area contributed by atoms with E-state index in [0.29, 0.717) is 6.61 Å². The highest BCUT2D eigenvalue weighted by Gasteiger charge is 2.52. The van der Waals surface area contributed by atoms with E-state index in [-0.39, 0.29) is 35.7 Å². The quantitative estimate of drug-likeness (QED) is 0.627. The predicted molar refractivity (Wildman–Crippen MR) is 94.4 cm³/mol. The van der Waals surface area contributed by atoms with Crippen LogP contribution < -0.4 is 0 Å². The maximum absolute atomic E-state index is 12.9. The standard InChI is InChI=1S/C21H25NO3/c23-20-17-11-5-4-10-16(17)19-18(12-6-7-13-22(19)20)21(24)25-14-15-8-2-1-3-9-15/h1-5,8-9,16-19H,6-7,10-14H2/t16-,17+,18+,19-/m0/s1. The molecule has 0 N–H and O–H groups in total. The second-order valence-corrected chi connectivity index (χ2v) is 7.43. The van der Waals surface area contributed by atoms with Crippen molar-refractivity contribution in [2.45, 2.75) is 44.8 Å². The summed E-state index contributed by atoms with van der Waals surface area (Å²) in [5.74, 6) is 0.268. The van der Waals surface area contributed by atoms with Crippen molar-refractivity contribution in [1.29, 1.82) is 0 Å². The van der Waals surface area contributed by atoms with Crippen molar-refractivity contribution < 1.29 is 14.3 Å². The number of hydrogen-bond donors (Lipinski definition) is 0. The normalized spacial score (nSPS) is 31.2. The molecule has 2 heterocycles. The lowest BCUT2D eigenvalue weighted by molar-refractivity contribution is -0.153. The molecule has 3 aliphatic rings. The van der Waals surface area contributed by atoms with Crippen LogP contribution in [0.3, 0.4) is 0 Å². The number of carbonyl (C=O) groups is 2. The molecule has 1 amide bonds. The van der Waals surface area contributed by atoms with Crippen LogP contribution in [-0.2, 0) is 20.9 Å². The maximum Gasteiger partial charge on any atom is 0.311 e. The van der Waals surface area contributed by atoms with Crippen molar-refractivity contribution in [1.82, 2.24) is 4.90 Å². The Morgan fingerprint density at radius 2 is 1.92 bits per heavy atom. The molecule has 4 nitrogen and oxygen atoms in total. The van der Waals surface area contributed by atoms with Crippen LogP contribution in [0.25, 0.3) is 0 Å². The van der Waals surface area contributed by atoms with Crippen molar-refractivity contribution in [3.05, 3.63) is 48.0 Å². The highest BCUT2D eigenvalue weighted by molar-refractivity contribution is 5.84. The number of benzene rings is 1. The minimum Gasteiger partial charge on any atom is -0.461 e. The minimum absolute atomic E-state index is 0.0215. The number of fused-ring (bicyclic) bond motifs is 3. The Morgan fingerprint density at radius 1 is 1.12 bits per heavy atom. The van der Waals surface area contributed by atoms with Gasteiger partial charge in [-0.3, -0.25) is 9.59 Å². The Labute approximate surface area is 148 Å². The molecule has 132 valence electrons. The van der Waals surface area contributed by atoms with Gasteiger partial charge in [-0.15, -0.1) is 0 Å². The van der Waals surface area contributed by atoms with Gasteiger partial charge in [0.15, 0.2) is 0 Å². The molecule has 2 saturated heterocycles. The maximum atomic E-state index is 12.9. The second kappa shape index (κ2) is 7.03. The van der Waals surface area contributed by atoms with Crippen LogP contribution in [-0.4, -0.2) is 29.4 Å². The Balaban J connectivity index is 1.52. The third kappa shape index (κ3) is 3.10. The van der Waals surface area contributed by atoms with E-state index in [0.717, 1.165) is 44.2 Å². The van der Waals surface area contributed by atoms with E-state index in [9.17, 15) is 9.59 Å². The van der Waals surface area contributed by atoms with Gasteiger partial charge in [-0.1, -0.05) is 48.9 Å². The molecule has 1 aliphatic carbocycles. The van der Waals surface area contributed by atoms with Crippen LogP contribution in [0.4, 0.5) is 0 Å². The largest absolute Gasteiger partial charge is 0.461 e. The van der Waals surface area contributed by atoms with Gasteiger partial charge in [-0.05, 0) is 37.2 Å². The number of esters is 1. The predicted octanol–water partition coefficient (Wildman–Crippen LogP) is 3.32. The number of allylic oxidation sites excluding steroid dienone is 2. The summed E-state index contributed by atoms with van der Waals surface area (Å²) < 4.78 is 5.65. The first-order valence-electron chi connectivity index (χ1n) is 9.42. The van der Waals surface area contributed by atoms with Crippen molar-refractivity contribution in [2.24, 2.45) is 17.8 Å². The van der Waals surface area contributed by atoms with Crippen LogP contribution in [0.1, 0.15) is 37.7 Å². The molecule has 0 unspecified atom stereocenters. The van der Waals surface area contributed by atoms with Gasteiger partial charge >= 0.3 is 5.97 Å². The third-order valence-corrected chi connectivity index (χ3v) is 5.98. The summed E-state index contributed by atoms with van der Waals surface area (Å²) in [6, 6.07) is 9.81. The van der Waals surface area contributed by atoms with Crippen molar-refractivity contribution >= 4 is 11.9 Å². The molecule has 0 saturated carbocycles. The molecular weight excluding hydrogens is 314 g/mol. The fourth-order valence-electron chi connectivity index (χ4n) is 4.77. The summed E-state index contributed by atoms with van der Waals surface area (Å²) in [5, 5.41) is 0. The van der Waals surface area contributed by atoms with Gasteiger partial charge in [0, 0.05) is 18.5 Å². The number of ether oxygens (including phenoxy) is 1. The number of amides is 1. The lowest BCUT2D eigenvalue weighted by Gasteiger charge is -2.32. The molecular formula is C21H25NO3. The summed E-state index contributed by atoms with van der Waals surface area (Å²) in [6.07, 6.45) is 8.82. The zero-order valence-corrected chi connectivity index (χ0v) is 14.5. The molecule has 0 radical (unpaired) electrons. The topological polar surface area (TPSA) is 46.6 Å². The first-order valence-corrected chi connectivity index (χ1v) is 9.42. The Hall–Kier alpha value is -2.10. The molecule has 0 bridgehead atoms. The molecule has 2 aliphatic heterocycles. The summed E-state index contributed by atoms with van der Waals surface area (Å²) in [4.78, 5) is 27.7. The Bertz CT molecular complexity index is 669. The molecule has 0 spiro atoms. The van der Waals surface area contributed by atoms with E-state index in [1.807, 2.05) is 35.2 Å². The van der Waals surface area contributed by atoms with Crippen molar-refractivity contribution in [2.75, 3.05) is 6.54 Å². The second-order valence-electron chi connectivity index (χ2n) is 7.43. The smallest absolute Gasteiger partial charge is 0.311 e. The summed E-state index contributed by atoms with van der Waals surface area (Å²) in [7, 11) is 0. The molecule has 0 aromatic heterocycles. The average Bonchev–Trinajstić information content (AvgIpc) is 2.81. The fourth-order valence-corrected chi connectivity index (χ4v) is 4.77. The molecule has 4 heteroatoms. The lowest BCUT2D eigenvalue weighted by Crippen LogP contribution is -2.43. The zero-order valence-electron chi connectivity index (χ0n) is 14.5. The summed E-state index contributed by atoms with van der Waals surface area (Å²) in [6.45, 7) is 1.10. The van der Waals surface area contributed by atoms with Crippen molar-refractivity contribution in [3.63, 3.8) is 0 Å². The number of carbonyl (C=O) groups excluding carboxylic acids is 2. The average molecular weight is 339 g/mol. The van der Waals surface area contributed by atoms with E-state index in [2.05, 4.69) is 12.2 Å². The molecule has 4 rings (SSSR count). The zero-order chi connectivity index (χ0) is 17.2. The van der Waals surface area contributed by atoms with Gasteiger partial charge in [-0.25, -0.2) is 0 Å². The van der Waals surface area contributed by atoms with Crippen LogP contribution in [0, 0.1) is 17.8 Å².